The van der Waals surface area contributed by atoms with Crippen molar-refractivity contribution in [1.29, 1.82) is 0 Å². The molecule has 0 atom stereocenters. The molecule has 1 aromatic carbocycles. The molecule has 0 aliphatic carbocycles. The van der Waals surface area contributed by atoms with Gasteiger partial charge >= 0.3 is 0 Å². The molecule has 0 aliphatic rings. The Morgan fingerprint density at radius 1 is 0.333 bits per heavy atom. The van der Waals surface area contributed by atoms with Crippen molar-refractivity contribution in [2.45, 2.75) is 0 Å². The van der Waals surface area contributed by atoms with E-state index < -0.39 is 0 Å². The van der Waals surface area contributed by atoms with Crippen LogP contribution in [0.25, 0.3) is 0 Å². The van der Waals surface area contributed by atoms with E-state index in [-0.39, 0.29) is 35.9 Å². The summed E-state index contributed by atoms with van der Waals surface area (Å²) in [6, 6.07) is 12.0. The van der Waals surface area contributed by atoms with Crippen molar-refractivity contribution < 1.29 is 23.5 Å². The summed E-state index contributed by atoms with van der Waals surface area (Å²) in [5, 5.41) is 0. The lowest BCUT2D eigenvalue weighted by molar-refractivity contribution is 1.11. The first kappa shape index (κ1) is 43.3. The molecule has 6 heteroatoms. The SMILES string of the molecule is Cl.F.F.F.F.F.c1ccccc1. The fraction of sp³-hybridized carbons (Fsp3) is 0. The Balaban J connectivity index is -0.0000000150. The molecule has 0 aromatic heterocycles. The molecular weight excluding hydrogens is 203 g/mol. The molecule has 1 rings (SSSR count). The minimum Gasteiger partial charge on any atom is -0.269 e. The van der Waals surface area contributed by atoms with Crippen LogP contribution in [0.3, 0.4) is 0 Å². The van der Waals surface area contributed by atoms with Crippen LogP contribution in [0.15, 0.2) is 36.4 Å². The Hall–Kier alpha value is -0.840. The van der Waals surface area contributed by atoms with E-state index in [1.54, 1.807) is 0 Å². The topological polar surface area (TPSA) is 0 Å². The van der Waals surface area contributed by atoms with E-state index in [1.807, 2.05) is 36.4 Å². The molecule has 12 heavy (non-hydrogen) atoms. The minimum absolute atomic E-state index is 0. The molecule has 0 saturated carbocycles. The van der Waals surface area contributed by atoms with Gasteiger partial charge in [-0.15, -0.1) is 12.4 Å². The second-order valence-corrected chi connectivity index (χ2v) is 1.15. The van der Waals surface area contributed by atoms with Crippen molar-refractivity contribution >= 4 is 12.4 Å². The highest BCUT2D eigenvalue weighted by atomic mass is 35.5. The third-order valence-corrected chi connectivity index (χ3v) is 0.667. The van der Waals surface area contributed by atoms with Gasteiger partial charge in [0.1, 0.15) is 0 Å². The van der Waals surface area contributed by atoms with Gasteiger partial charge in [0.25, 0.3) is 0 Å². The molecule has 0 spiro atoms. The average Bonchev–Trinajstić information content (AvgIpc) is 1.72. The number of hydrogen-bond donors (Lipinski definition) is 0. The fourth-order valence-electron chi connectivity index (χ4n) is 0.385. The van der Waals surface area contributed by atoms with Gasteiger partial charge in [0.2, 0.25) is 0 Å². The maximum Gasteiger partial charge on any atom is -0.0623 e. The van der Waals surface area contributed by atoms with Gasteiger partial charge in [0.15, 0.2) is 0 Å². The Bertz CT molecular complexity index is 87.9. The summed E-state index contributed by atoms with van der Waals surface area (Å²) in [4.78, 5) is 0. The summed E-state index contributed by atoms with van der Waals surface area (Å²) in [6.45, 7) is 0. The Labute approximate surface area is 73.2 Å². The highest BCUT2D eigenvalue weighted by molar-refractivity contribution is 5.85. The van der Waals surface area contributed by atoms with E-state index in [4.69, 9.17) is 0 Å². The molecule has 0 nitrogen and oxygen atoms in total. The first-order chi connectivity index (χ1) is 3.00. The summed E-state index contributed by atoms with van der Waals surface area (Å²) >= 11 is 0. The average molecular weight is 215 g/mol. The molecule has 0 N–H and O–H groups in total. The molecule has 0 amide bonds. The number of hydrogen-bond acceptors (Lipinski definition) is 0. The van der Waals surface area contributed by atoms with Gasteiger partial charge in [0.05, 0.1) is 0 Å². The minimum atomic E-state index is 0. The van der Waals surface area contributed by atoms with Gasteiger partial charge < -0.3 is 0 Å². The lowest BCUT2D eigenvalue weighted by Gasteiger charge is -1.69. The maximum atomic E-state index is 2.00. The largest absolute Gasteiger partial charge is 0.269 e. The monoisotopic (exact) mass is 214 g/mol. The van der Waals surface area contributed by atoms with Gasteiger partial charge in [-0.25, -0.2) is 0 Å². The van der Waals surface area contributed by atoms with E-state index in [9.17, 15) is 0 Å². The number of halogens is 6. The van der Waals surface area contributed by atoms with Crippen LogP contribution in [0.1, 0.15) is 0 Å². The van der Waals surface area contributed by atoms with Gasteiger partial charge in [-0.3, -0.25) is 23.5 Å². The second-order valence-electron chi connectivity index (χ2n) is 1.15. The van der Waals surface area contributed by atoms with Crippen molar-refractivity contribution in [3.05, 3.63) is 36.4 Å². The third kappa shape index (κ3) is 22.9. The van der Waals surface area contributed by atoms with Crippen molar-refractivity contribution in [1.82, 2.24) is 0 Å². The predicted octanol–water partition coefficient (Wildman–Crippen LogP) is 2.87. The molecule has 0 saturated heterocycles. The summed E-state index contributed by atoms with van der Waals surface area (Å²) in [5.74, 6) is 0. The van der Waals surface area contributed by atoms with Crippen LogP contribution in [0.5, 0.6) is 0 Å². The van der Waals surface area contributed by atoms with Crippen molar-refractivity contribution in [2.24, 2.45) is 0 Å². The lowest BCUT2D eigenvalue weighted by atomic mass is 10.4. The molecule has 0 bridgehead atoms. The molecule has 1 aromatic rings. The van der Waals surface area contributed by atoms with Crippen molar-refractivity contribution in [3.8, 4) is 0 Å². The highest BCUT2D eigenvalue weighted by Gasteiger charge is 1.57. The van der Waals surface area contributed by atoms with E-state index >= 15 is 0 Å². The third-order valence-electron chi connectivity index (χ3n) is 0.667. The molecule has 0 unspecified atom stereocenters. The van der Waals surface area contributed by atoms with Crippen molar-refractivity contribution in [3.63, 3.8) is 0 Å². The smallest absolute Gasteiger partial charge is 0.0623 e. The lowest BCUT2D eigenvalue weighted by Crippen LogP contribution is -1.47. The Morgan fingerprint density at radius 2 is 0.417 bits per heavy atom. The van der Waals surface area contributed by atoms with Gasteiger partial charge in [-0.1, -0.05) is 36.4 Å². The van der Waals surface area contributed by atoms with Crippen molar-refractivity contribution in [2.75, 3.05) is 0 Å². The normalized spacial score (nSPS) is 4.00. The van der Waals surface area contributed by atoms with E-state index in [0.29, 0.717) is 0 Å². The molecule has 0 fully saturated rings. The predicted molar refractivity (Wildman–Crippen MR) is 46.2 cm³/mol. The maximum absolute atomic E-state index is 2.00. The zero-order valence-corrected chi connectivity index (χ0v) is 6.73. The van der Waals surface area contributed by atoms with Gasteiger partial charge in [-0.05, 0) is 0 Å². The van der Waals surface area contributed by atoms with E-state index in [1.165, 1.54) is 0 Å². The van der Waals surface area contributed by atoms with Crippen LogP contribution in [-0.2, 0) is 0 Å². The molecule has 0 aliphatic heterocycles. The summed E-state index contributed by atoms with van der Waals surface area (Å²) < 4.78 is 0. The van der Waals surface area contributed by atoms with Crippen LogP contribution in [0.2, 0.25) is 0 Å². The molecule has 0 heterocycles. The number of benzene rings is 1. The molecular formula is C6H12ClF5. The zero-order valence-electron chi connectivity index (χ0n) is 5.91. The van der Waals surface area contributed by atoms with Crippen LogP contribution >= 0.6 is 12.4 Å². The molecule has 0 radical (unpaired) electrons. The van der Waals surface area contributed by atoms with Gasteiger partial charge in [-0.2, -0.15) is 0 Å². The first-order valence-corrected chi connectivity index (χ1v) is 2.00. The van der Waals surface area contributed by atoms with E-state index in [2.05, 4.69) is 0 Å². The number of rotatable bonds is 0. The standard InChI is InChI=1S/C6H6.ClH.5FH/c1-2-4-6-5-3-1;;;;;;/h1-6H;6*1H. The first-order valence-electron chi connectivity index (χ1n) is 2.00. The quantitative estimate of drug-likeness (QED) is 0.583. The summed E-state index contributed by atoms with van der Waals surface area (Å²) in [7, 11) is 0. The highest BCUT2D eigenvalue weighted by Crippen LogP contribution is 1.79. The van der Waals surface area contributed by atoms with Crippen LogP contribution in [0, 0.1) is 0 Å². The Morgan fingerprint density at radius 3 is 0.500 bits per heavy atom. The Kier molecular flexibility index (Phi) is 115. The molecule has 78 valence electrons. The van der Waals surface area contributed by atoms with E-state index in [0.717, 1.165) is 0 Å². The van der Waals surface area contributed by atoms with Crippen LogP contribution in [0.4, 0.5) is 23.5 Å². The fourth-order valence-corrected chi connectivity index (χ4v) is 0.385. The summed E-state index contributed by atoms with van der Waals surface area (Å²) in [6.07, 6.45) is 0. The van der Waals surface area contributed by atoms with Crippen LogP contribution in [-0.4, -0.2) is 0 Å². The second kappa shape index (κ2) is 32.0. The van der Waals surface area contributed by atoms with Gasteiger partial charge in [0, 0.05) is 0 Å². The summed E-state index contributed by atoms with van der Waals surface area (Å²) in [5.41, 5.74) is 0. The van der Waals surface area contributed by atoms with Crippen LogP contribution < -0.4 is 0 Å². The zero-order chi connectivity index (χ0) is 4.24.